The lowest BCUT2D eigenvalue weighted by Gasteiger charge is -2.30. The summed E-state index contributed by atoms with van der Waals surface area (Å²) in [6.45, 7) is 1.40. The zero-order valence-electron chi connectivity index (χ0n) is 14.7. The van der Waals surface area contributed by atoms with Crippen molar-refractivity contribution in [1.82, 2.24) is 25.1 Å². The molecule has 1 aliphatic rings. The lowest BCUT2D eigenvalue weighted by atomic mass is 9.96. The van der Waals surface area contributed by atoms with Gasteiger partial charge in [-0.3, -0.25) is 9.89 Å². The molecule has 136 valence electrons. The monoisotopic (exact) mass is 361 g/mol. The number of likely N-dealkylation sites (tertiary alicyclic amines) is 1. The normalized spacial score (nSPS) is 15.5. The number of rotatable bonds is 3. The van der Waals surface area contributed by atoms with Crippen molar-refractivity contribution in [2.24, 2.45) is 0 Å². The van der Waals surface area contributed by atoms with Crippen LogP contribution in [0, 0.1) is 0 Å². The minimum atomic E-state index is -0.0490. The third-order valence-electron chi connectivity index (χ3n) is 5.16. The molecule has 0 unspecified atom stereocenters. The number of carbonyl (C=O) groups is 1. The topological polar surface area (TPSA) is 90.8 Å². The lowest BCUT2D eigenvalue weighted by Crippen LogP contribution is -2.38. The molecule has 1 saturated heterocycles. The van der Waals surface area contributed by atoms with Crippen LogP contribution in [-0.4, -0.2) is 44.1 Å². The Morgan fingerprint density at radius 1 is 1.15 bits per heavy atom. The highest BCUT2D eigenvalue weighted by Crippen LogP contribution is 2.28. The predicted molar refractivity (Wildman–Crippen MR) is 100 cm³/mol. The summed E-state index contributed by atoms with van der Waals surface area (Å²) in [5, 5.41) is 7.03. The molecule has 4 heterocycles. The number of hydrogen-bond acceptors (Lipinski definition) is 4. The summed E-state index contributed by atoms with van der Waals surface area (Å²) in [6.07, 6.45) is 3.38. The van der Waals surface area contributed by atoms with Gasteiger partial charge in [-0.05, 0) is 37.1 Å². The minimum absolute atomic E-state index is 0.0490. The molecule has 2 N–H and O–H groups in total. The molecule has 5 rings (SSSR count). The number of carbonyl (C=O) groups excluding carboxylic acids is 1. The minimum Gasteiger partial charge on any atom is -0.463 e. The van der Waals surface area contributed by atoms with Crippen LogP contribution < -0.4 is 0 Å². The van der Waals surface area contributed by atoms with Gasteiger partial charge >= 0.3 is 0 Å². The summed E-state index contributed by atoms with van der Waals surface area (Å²) in [4.78, 5) is 22.7. The predicted octanol–water partition coefficient (Wildman–Crippen LogP) is 3.57. The highest BCUT2D eigenvalue weighted by Gasteiger charge is 2.27. The summed E-state index contributed by atoms with van der Waals surface area (Å²) in [6, 6.07) is 13.4. The maximum Gasteiger partial charge on any atom is 0.274 e. The van der Waals surface area contributed by atoms with E-state index in [-0.39, 0.29) is 5.91 Å². The number of hydrogen-bond donors (Lipinski definition) is 2. The van der Waals surface area contributed by atoms with Crippen LogP contribution in [-0.2, 0) is 0 Å². The Hall–Kier alpha value is -3.35. The van der Waals surface area contributed by atoms with E-state index < -0.39 is 0 Å². The summed E-state index contributed by atoms with van der Waals surface area (Å²) >= 11 is 0. The number of H-pyrrole nitrogens is 2. The zero-order valence-corrected chi connectivity index (χ0v) is 14.7. The van der Waals surface area contributed by atoms with E-state index in [4.69, 9.17) is 9.40 Å². The van der Waals surface area contributed by atoms with Crippen molar-refractivity contribution in [3.05, 3.63) is 60.2 Å². The third kappa shape index (κ3) is 2.91. The number of amides is 1. The second-order valence-corrected chi connectivity index (χ2v) is 6.85. The molecule has 7 heteroatoms. The summed E-state index contributed by atoms with van der Waals surface area (Å²) < 4.78 is 5.34. The fourth-order valence-electron chi connectivity index (χ4n) is 3.67. The number of imidazole rings is 1. The molecule has 0 bridgehead atoms. The van der Waals surface area contributed by atoms with Crippen LogP contribution in [0.3, 0.4) is 0 Å². The molecule has 1 aliphatic heterocycles. The van der Waals surface area contributed by atoms with Crippen LogP contribution in [0.25, 0.3) is 22.5 Å². The molecule has 1 amide bonds. The Kier molecular flexibility index (Phi) is 3.78. The van der Waals surface area contributed by atoms with Crippen molar-refractivity contribution in [2.75, 3.05) is 13.1 Å². The number of nitrogens with one attached hydrogen (secondary N) is 2. The van der Waals surface area contributed by atoms with E-state index in [0.29, 0.717) is 36.2 Å². The van der Waals surface area contributed by atoms with Crippen LogP contribution in [0.4, 0.5) is 0 Å². The van der Waals surface area contributed by atoms with Crippen molar-refractivity contribution < 1.29 is 9.21 Å². The van der Waals surface area contributed by atoms with Crippen molar-refractivity contribution in [3.63, 3.8) is 0 Å². The summed E-state index contributed by atoms with van der Waals surface area (Å²) in [7, 11) is 0. The number of benzene rings is 1. The summed E-state index contributed by atoms with van der Waals surface area (Å²) in [5.74, 6) is 1.99. The Balaban J connectivity index is 1.26. The van der Waals surface area contributed by atoms with Gasteiger partial charge in [0.15, 0.2) is 11.5 Å². The number of para-hydroxylation sites is 2. The Morgan fingerprint density at radius 3 is 2.78 bits per heavy atom. The Labute approximate surface area is 155 Å². The third-order valence-corrected chi connectivity index (χ3v) is 5.16. The largest absolute Gasteiger partial charge is 0.463 e. The van der Waals surface area contributed by atoms with Gasteiger partial charge in [0, 0.05) is 25.1 Å². The first-order valence-corrected chi connectivity index (χ1v) is 9.11. The second kappa shape index (κ2) is 6.42. The van der Waals surface area contributed by atoms with Crippen LogP contribution in [0.2, 0.25) is 0 Å². The van der Waals surface area contributed by atoms with E-state index in [0.717, 1.165) is 29.7 Å². The zero-order chi connectivity index (χ0) is 18.2. The highest BCUT2D eigenvalue weighted by atomic mass is 16.3. The van der Waals surface area contributed by atoms with Gasteiger partial charge in [0.2, 0.25) is 0 Å². The molecular weight excluding hydrogens is 342 g/mol. The van der Waals surface area contributed by atoms with E-state index in [9.17, 15) is 4.79 Å². The number of nitrogens with zero attached hydrogens (tertiary/aromatic N) is 3. The fourth-order valence-corrected chi connectivity index (χ4v) is 3.67. The number of aromatic amines is 2. The number of aromatic nitrogens is 4. The number of furan rings is 1. The number of piperidine rings is 1. The maximum absolute atomic E-state index is 12.8. The van der Waals surface area contributed by atoms with Crippen LogP contribution in [0.1, 0.15) is 35.1 Å². The second-order valence-electron chi connectivity index (χ2n) is 6.85. The first-order chi connectivity index (χ1) is 13.3. The molecule has 0 saturated carbocycles. The molecule has 0 radical (unpaired) electrons. The standard InChI is InChI=1S/C20H19N5O2/c26-20(17-12-16(23-24-17)18-6-3-11-27-18)25-9-7-13(8-10-25)19-21-14-4-1-2-5-15(14)22-19/h1-6,11-13H,7-10H2,(H,21,22)(H,23,24). The quantitative estimate of drug-likeness (QED) is 0.584. The van der Waals surface area contributed by atoms with Gasteiger partial charge in [0.25, 0.3) is 5.91 Å². The van der Waals surface area contributed by atoms with Gasteiger partial charge in [0.05, 0.1) is 17.3 Å². The van der Waals surface area contributed by atoms with Gasteiger partial charge in [-0.25, -0.2) is 4.98 Å². The molecule has 0 atom stereocenters. The van der Waals surface area contributed by atoms with E-state index in [1.165, 1.54) is 0 Å². The van der Waals surface area contributed by atoms with E-state index >= 15 is 0 Å². The molecule has 3 aromatic heterocycles. The molecule has 27 heavy (non-hydrogen) atoms. The molecular formula is C20H19N5O2. The molecule has 0 aliphatic carbocycles. The van der Waals surface area contributed by atoms with Gasteiger partial charge in [-0.2, -0.15) is 5.10 Å². The Morgan fingerprint density at radius 2 is 2.00 bits per heavy atom. The van der Waals surface area contributed by atoms with E-state index in [2.05, 4.69) is 15.2 Å². The van der Waals surface area contributed by atoms with Gasteiger partial charge in [-0.1, -0.05) is 12.1 Å². The SMILES string of the molecule is O=C(c1cc(-c2ccco2)[nH]n1)N1CCC(c2nc3ccccc3[nH]2)CC1. The van der Waals surface area contributed by atoms with Gasteiger partial charge < -0.3 is 14.3 Å². The first kappa shape index (κ1) is 15.9. The fraction of sp³-hybridized carbons (Fsp3) is 0.250. The Bertz CT molecular complexity index is 1040. The molecule has 0 spiro atoms. The van der Waals surface area contributed by atoms with Crippen molar-refractivity contribution in [3.8, 4) is 11.5 Å². The van der Waals surface area contributed by atoms with Crippen LogP contribution in [0.5, 0.6) is 0 Å². The highest BCUT2D eigenvalue weighted by molar-refractivity contribution is 5.93. The smallest absolute Gasteiger partial charge is 0.274 e. The average molecular weight is 361 g/mol. The first-order valence-electron chi connectivity index (χ1n) is 9.11. The van der Waals surface area contributed by atoms with Gasteiger partial charge in [-0.15, -0.1) is 0 Å². The van der Waals surface area contributed by atoms with Crippen LogP contribution in [0.15, 0.2) is 53.1 Å². The van der Waals surface area contributed by atoms with E-state index in [1.54, 1.807) is 18.4 Å². The molecule has 1 aromatic carbocycles. The van der Waals surface area contributed by atoms with Crippen molar-refractivity contribution >= 4 is 16.9 Å². The van der Waals surface area contributed by atoms with Gasteiger partial charge in [0.1, 0.15) is 11.5 Å². The van der Waals surface area contributed by atoms with Crippen molar-refractivity contribution in [2.45, 2.75) is 18.8 Å². The number of fused-ring (bicyclic) bond motifs is 1. The maximum atomic E-state index is 12.8. The molecule has 7 nitrogen and oxygen atoms in total. The molecule has 4 aromatic rings. The molecule has 1 fully saturated rings. The van der Waals surface area contributed by atoms with Crippen molar-refractivity contribution in [1.29, 1.82) is 0 Å². The van der Waals surface area contributed by atoms with Crippen LogP contribution >= 0.6 is 0 Å². The summed E-state index contributed by atoms with van der Waals surface area (Å²) in [5.41, 5.74) is 3.19. The average Bonchev–Trinajstić information content (AvgIpc) is 3.47. The van der Waals surface area contributed by atoms with E-state index in [1.807, 2.05) is 35.2 Å². The lowest BCUT2D eigenvalue weighted by molar-refractivity contribution is 0.0705.